The smallest absolute Gasteiger partial charge is 0.152 e. The van der Waals surface area contributed by atoms with Gasteiger partial charge in [-0.1, -0.05) is 0 Å². The molecule has 0 aliphatic heterocycles. The molecule has 0 amide bonds. The van der Waals surface area contributed by atoms with Gasteiger partial charge in [0.15, 0.2) is 5.82 Å². The second kappa shape index (κ2) is 4.81. The second-order valence-electron chi connectivity index (χ2n) is 4.50. The van der Waals surface area contributed by atoms with Gasteiger partial charge in [0, 0.05) is 12.7 Å². The normalized spacial score (nSPS) is 11.4. The van der Waals surface area contributed by atoms with Gasteiger partial charge in [0.05, 0.1) is 11.8 Å². The molecule has 0 spiro atoms. The number of pyridine rings is 2. The molecule has 0 aliphatic rings. The summed E-state index contributed by atoms with van der Waals surface area (Å²) in [6.07, 6.45) is 5.56. The zero-order valence-electron chi connectivity index (χ0n) is 10.6. The van der Waals surface area contributed by atoms with E-state index in [0.29, 0.717) is 12.4 Å². The van der Waals surface area contributed by atoms with Crippen molar-refractivity contribution < 1.29 is 0 Å². The van der Waals surface area contributed by atoms with E-state index in [0.717, 1.165) is 41.5 Å². The highest BCUT2D eigenvalue weighted by Gasteiger charge is 2.12. The maximum absolute atomic E-state index is 5.96. The summed E-state index contributed by atoms with van der Waals surface area (Å²) in [7, 11) is 0. The van der Waals surface area contributed by atoms with Crippen LogP contribution in [0.2, 0.25) is 0 Å². The van der Waals surface area contributed by atoms with Gasteiger partial charge in [-0.15, -0.1) is 0 Å². The number of nitrogens with two attached hydrogens (primary N) is 2. The van der Waals surface area contributed by atoms with Gasteiger partial charge in [-0.05, 0) is 31.5 Å². The van der Waals surface area contributed by atoms with Crippen LogP contribution in [-0.2, 0) is 6.54 Å². The van der Waals surface area contributed by atoms with E-state index in [4.69, 9.17) is 11.5 Å². The first kappa shape index (κ1) is 11.9. The van der Waals surface area contributed by atoms with E-state index in [-0.39, 0.29) is 0 Å². The summed E-state index contributed by atoms with van der Waals surface area (Å²) in [5.41, 5.74) is 14.8. The molecule has 0 saturated heterocycles. The van der Waals surface area contributed by atoms with Gasteiger partial charge in [0.1, 0.15) is 16.6 Å². The maximum Gasteiger partial charge on any atom is 0.152 e. The Hall–Kier alpha value is -2.21. The molecule has 0 saturated carbocycles. The molecule has 0 unspecified atom stereocenters. The van der Waals surface area contributed by atoms with Crippen LogP contribution in [0.3, 0.4) is 0 Å². The maximum atomic E-state index is 5.96. The van der Waals surface area contributed by atoms with Crippen molar-refractivity contribution in [2.75, 3.05) is 12.3 Å². The van der Waals surface area contributed by atoms with Crippen molar-refractivity contribution in [3.8, 4) is 0 Å². The average Bonchev–Trinajstić information content (AvgIpc) is 2.84. The molecule has 0 radical (unpaired) electrons. The third kappa shape index (κ3) is 2.00. The van der Waals surface area contributed by atoms with Crippen molar-refractivity contribution in [3.63, 3.8) is 0 Å². The molecule has 0 aromatic carbocycles. The Morgan fingerprint density at radius 1 is 1.16 bits per heavy atom. The van der Waals surface area contributed by atoms with Gasteiger partial charge in [0.2, 0.25) is 0 Å². The van der Waals surface area contributed by atoms with Crippen LogP contribution in [0.4, 0.5) is 5.82 Å². The van der Waals surface area contributed by atoms with Crippen molar-refractivity contribution in [2.24, 2.45) is 5.73 Å². The lowest BCUT2D eigenvalue weighted by atomic mass is 10.2. The van der Waals surface area contributed by atoms with Gasteiger partial charge < -0.3 is 16.0 Å². The lowest BCUT2D eigenvalue weighted by Crippen LogP contribution is -2.03. The summed E-state index contributed by atoms with van der Waals surface area (Å²) in [6, 6.07) is 3.77. The Morgan fingerprint density at radius 2 is 2.05 bits per heavy atom. The highest BCUT2D eigenvalue weighted by atomic mass is 15.1. The Morgan fingerprint density at radius 3 is 2.89 bits per heavy atom. The number of fused-ring (bicyclic) bond motifs is 3. The first-order chi connectivity index (χ1) is 9.31. The van der Waals surface area contributed by atoms with Crippen LogP contribution >= 0.6 is 0 Å². The number of nitrogen functional groups attached to an aromatic ring is 1. The Kier molecular flexibility index (Phi) is 3.00. The number of imidazole rings is 1. The van der Waals surface area contributed by atoms with Crippen LogP contribution in [0.25, 0.3) is 22.1 Å². The van der Waals surface area contributed by atoms with Crippen molar-refractivity contribution >= 4 is 27.9 Å². The van der Waals surface area contributed by atoms with Gasteiger partial charge >= 0.3 is 0 Å². The SMILES string of the molecule is NCCCCn1cnc2c(N)nc3cccnc3c21. The van der Waals surface area contributed by atoms with E-state index in [1.54, 1.807) is 12.5 Å². The Labute approximate surface area is 110 Å². The van der Waals surface area contributed by atoms with Crippen molar-refractivity contribution in [2.45, 2.75) is 19.4 Å². The van der Waals surface area contributed by atoms with Gasteiger partial charge in [-0.2, -0.15) is 0 Å². The van der Waals surface area contributed by atoms with E-state index in [1.807, 2.05) is 12.1 Å². The molecule has 19 heavy (non-hydrogen) atoms. The zero-order valence-corrected chi connectivity index (χ0v) is 10.6. The summed E-state index contributed by atoms with van der Waals surface area (Å²) in [5.74, 6) is 0.452. The quantitative estimate of drug-likeness (QED) is 0.686. The lowest BCUT2D eigenvalue weighted by molar-refractivity contribution is 0.627. The first-order valence-corrected chi connectivity index (χ1v) is 6.36. The predicted octanol–water partition coefficient (Wildman–Crippen LogP) is 1.30. The van der Waals surface area contributed by atoms with Crippen molar-refractivity contribution in [1.82, 2.24) is 19.5 Å². The molecule has 6 heteroatoms. The minimum atomic E-state index is 0.452. The van der Waals surface area contributed by atoms with E-state index in [1.165, 1.54) is 0 Å². The zero-order chi connectivity index (χ0) is 13.2. The fraction of sp³-hybridized carbons (Fsp3) is 0.308. The third-order valence-corrected chi connectivity index (χ3v) is 3.19. The molecule has 3 rings (SSSR count). The average molecular weight is 256 g/mol. The summed E-state index contributed by atoms with van der Waals surface area (Å²) < 4.78 is 2.08. The van der Waals surface area contributed by atoms with Gasteiger partial charge in [0.25, 0.3) is 0 Å². The third-order valence-electron chi connectivity index (χ3n) is 3.19. The number of aryl methyl sites for hydroxylation is 1. The highest BCUT2D eigenvalue weighted by molar-refractivity contribution is 6.03. The van der Waals surface area contributed by atoms with Crippen molar-refractivity contribution in [1.29, 1.82) is 0 Å². The molecule has 6 nitrogen and oxygen atoms in total. The molecule has 3 aromatic heterocycles. The molecule has 0 bridgehead atoms. The van der Waals surface area contributed by atoms with Crippen LogP contribution in [-0.4, -0.2) is 26.1 Å². The highest BCUT2D eigenvalue weighted by Crippen LogP contribution is 2.25. The molecule has 98 valence electrons. The first-order valence-electron chi connectivity index (χ1n) is 6.36. The van der Waals surface area contributed by atoms with Crippen LogP contribution in [0.15, 0.2) is 24.7 Å². The van der Waals surface area contributed by atoms with Crippen molar-refractivity contribution in [3.05, 3.63) is 24.7 Å². The summed E-state index contributed by atoms with van der Waals surface area (Å²) in [6.45, 7) is 1.57. The molecule has 0 fully saturated rings. The topological polar surface area (TPSA) is 95.6 Å². The summed E-state index contributed by atoms with van der Waals surface area (Å²) >= 11 is 0. The largest absolute Gasteiger partial charge is 0.382 e. The molecule has 0 atom stereocenters. The number of unbranched alkanes of at least 4 members (excludes halogenated alkanes) is 1. The van der Waals surface area contributed by atoms with Crippen LogP contribution in [0, 0.1) is 0 Å². The molecular weight excluding hydrogens is 240 g/mol. The van der Waals surface area contributed by atoms with Crippen LogP contribution < -0.4 is 11.5 Å². The monoisotopic (exact) mass is 256 g/mol. The van der Waals surface area contributed by atoms with Crippen LogP contribution in [0.5, 0.6) is 0 Å². The van der Waals surface area contributed by atoms with Gasteiger partial charge in [-0.25, -0.2) is 9.97 Å². The molecule has 3 aromatic rings. The standard InChI is InChI=1S/C13H16N6/c14-5-1-2-7-19-8-17-11-12(19)10-9(18-13(11)15)4-3-6-16-10/h3-4,6,8H,1-2,5,7,14H2,(H2,15,18). The number of anilines is 1. The number of hydrogen-bond donors (Lipinski definition) is 2. The van der Waals surface area contributed by atoms with Crippen LogP contribution in [0.1, 0.15) is 12.8 Å². The Bertz CT molecular complexity index is 718. The fourth-order valence-electron chi connectivity index (χ4n) is 2.27. The Balaban J connectivity index is 2.18. The number of nitrogens with zero attached hydrogens (tertiary/aromatic N) is 4. The number of rotatable bonds is 4. The molecule has 3 heterocycles. The number of hydrogen-bond acceptors (Lipinski definition) is 5. The number of aromatic nitrogens is 4. The van der Waals surface area contributed by atoms with E-state index >= 15 is 0 Å². The molecule has 4 N–H and O–H groups in total. The summed E-state index contributed by atoms with van der Waals surface area (Å²) in [4.78, 5) is 13.1. The summed E-state index contributed by atoms with van der Waals surface area (Å²) in [5, 5.41) is 0. The predicted molar refractivity (Wildman–Crippen MR) is 75.5 cm³/mol. The molecule has 0 aliphatic carbocycles. The fourth-order valence-corrected chi connectivity index (χ4v) is 2.27. The second-order valence-corrected chi connectivity index (χ2v) is 4.50. The lowest BCUT2D eigenvalue weighted by Gasteiger charge is -2.06. The minimum absolute atomic E-state index is 0.452. The van der Waals surface area contributed by atoms with E-state index in [2.05, 4.69) is 19.5 Å². The van der Waals surface area contributed by atoms with E-state index in [9.17, 15) is 0 Å². The van der Waals surface area contributed by atoms with Gasteiger partial charge in [-0.3, -0.25) is 4.98 Å². The minimum Gasteiger partial charge on any atom is -0.382 e. The van der Waals surface area contributed by atoms with E-state index < -0.39 is 0 Å². The molecular formula is C13H16N6.